The molecule has 2 atom stereocenters. The van der Waals surface area contributed by atoms with Crippen LogP contribution in [-0.2, 0) is 9.53 Å². The molecule has 0 spiro atoms. The zero-order valence-corrected chi connectivity index (χ0v) is 12.7. The summed E-state index contributed by atoms with van der Waals surface area (Å²) in [5.74, 6) is 0.00345. The first-order valence-corrected chi connectivity index (χ1v) is 6.40. The Morgan fingerprint density at radius 3 is 2.61 bits per heavy atom. The van der Waals surface area contributed by atoms with E-state index >= 15 is 0 Å². The molecule has 0 aliphatic heterocycles. The summed E-state index contributed by atoms with van der Waals surface area (Å²) in [6.45, 7) is 6.42. The second kappa shape index (κ2) is 6.73. The smallest absolute Gasteiger partial charge is 0.225 e. The van der Waals surface area contributed by atoms with Crippen LogP contribution >= 0.6 is 12.4 Å². The van der Waals surface area contributed by atoms with E-state index in [1.807, 2.05) is 20.8 Å². The van der Waals surface area contributed by atoms with Gasteiger partial charge in [-0.25, -0.2) is 0 Å². The van der Waals surface area contributed by atoms with E-state index in [1.165, 1.54) is 0 Å². The quantitative estimate of drug-likeness (QED) is 0.825. The third-order valence-corrected chi connectivity index (χ3v) is 3.81. The van der Waals surface area contributed by atoms with Gasteiger partial charge in [-0.1, -0.05) is 12.8 Å². The van der Waals surface area contributed by atoms with Crippen molar-refractivity contribution >= 4 is 18.3 Å². The van der Waals surface area contributed by atoms with Gasteiger partial charge in [0.15, 0.2) is 0 Å². The molecule has 108 valence electrons. The zero-order valence-electron chi connectivity index (χ0n) is 11.9. The van der Waals surface area contributed by atoms with Gasteiger partial charge in [0, 0.05) is 19.2 Å². The molecule has 0 aromatic carbocycles. The summed E-state index contributed by atoms with van der Waals surface area (Å²) >= 11 is 0. The first-order chi connectivity index (χ1) is 7.78. The molecule has 3 N–H and O–H groups in total. The largest absolute Gasteiger partial charge is 0.377 e. The lowest BCUT2D eigenvalue weighted by Gasteiger charge is -2.37. The predicted molar refractivity (Wildman–Crippen MR) is 75.9 cm³/mol. The van der Waals surface area contributed by atoms with Crippen LogP contribution in [0.15, 0.2) is 0 Å². The number of rotatable bonds is 4. The highest BCUT2D eigenvalue weighted by atomic mass is 35.5. The predicted octanol–water partition coefficient (Wildman–Crippen LogP) is 1.86. The molecule has 1 aliphatic carbocycles. The van der Waals surface area contributed by atoms with E-state index < -0.39 is 0 Å². The molecule has 0 aromatic rings. The van der Waals surface area contributed by atoms with E-state index in [2.05, 4.69) is 5.32 Å². The van der Waals surface area contributed by atoms with Crippen molar-refractivity contribution in [3.05, 3.63) is 0 Å². The first-order valence-electron chi connectivity index (χ1n) is 6.40. The molecule has 5 heteroatoms. The van der Waals surface area contributed by atoms with Gasteiger partial charge in [0.2, 0.25) is 5.91 Å². The Hall–Kier alpha value is -0.320. The molecular weight excluding hydrogens is 252 g/mol. The van der Waals surface area contributed by atoms with Crippen LogP contribution in [-0.4, -0.2) is 30.7 Å². The third kappa shape index (κ3) is 4.75. The first kappa shape index (κ1) is 17.7. The van der Waals surface area contributed by atoms with Crippen LogP contribution in [0.1, 0.15) is 46.5 Å². The molecule has 0 bridgehead atoms. The van der Waals surface area contributed by atoms with Gasteiger partial charge >= 0.3 is 0 Å². The highest BCUT2D eigenvalue weighted by molar-refractivity contribution is 5.85. The minimum absolute atomic E-state index is 0. The molecule has 1 rings (SSSR count). The molecule has 0 aromatic heterocycles. The van der Waals surface area contributed by atoms with Gasteiger partial charge in [-0.2, -0.15) is 0 Å². The average Bonchev–Trinajstić information content (AvgIpc) is 2.25. The molecule has 18 heavy (non-hydrogen) atoms. The van der Waals surface area contributed by atoms with E-state index in [0.717, 1.165) is 25.7 Å². The fourth-order valence-corrected chi connectivity index (χ4v) is 2.28. The monoisotopic (exact) mass is 278 g/mol. The van der Waals surface area contributed by atoms with Gasteiger partial charge < -0.3 is 15.8 Å². The van der Waals surface area contributed by atoms with Crippen molar-refractivity contribution in [2.45, 2.75) is 57.6 Å². The van der Waals surface area contributed by atoms with Crippen LogP contribution in [0.3, 0.4) is 0 Å². The molecule has 1 amide bonds. The minimum Gasteiger partial charge on any atom is -0.377 e. The van der Waals surface area contributed by atoms with E-state index in [4.69, 9.17) is 10.5 Å². The lowest BCUT2D eigenvalue weighted by molar-refractivity contribution is -0.129. The second-order valence-corrected chi connectivity index (χ2v) is 5.99. The lowest BCUT2D eigenvalue weighted by Crippen LogP contribution is -2.54. The molecule has 1 saturated carbocycles. The highest BCUT2D eigenvalue weighted by Crippen LogP contribution is 2.31. The van der Waals surface area contributed by atoms with Crippen LogP contribution in [0.25, 0.3) is 0 Å². The van der Waals surface area contributed by atoms with Crippen molar-refractivity contribution in [2.75, 3.05) is 13.7 Å². The highest BCUT2D eigenvalue weighted by Gasteiger charge is 2.38. The van der Waals surface area contributed by atoms with Gasteiger partial charge in [-0.15, -0.1) is 12.4 Å². The van der Waals surface area contributed by atoms with Crippen molar-refractivity contribution in [1.82, 2.24) is 5.32 Å². The van der Waals surface area contributed by atoms with Crippen LogP contribution in [0.4, 0.5) is 0 Å². The van der Waals surface area contributed by atoms with E-state index in [-0.39, 0.29) is 35.4 Å². The molecule has 0 radical (unpaired) electrons. The van der Waals surface area contributed by atoms with Crippen molar-refractivity contribution in [1.29, 1.82) is 0 Å². The Kier molecular flexibility index (Phi) is 6.61. The van der Waals surface area contributed by atoms with Crippen molar-refractivity contribution in [3.63, 3.8) is 0 Å². The third-order valence-electron chi connectivity index (χ3n) is 3.81. The number of hydrogen-bond acceptors (Lipinski definition) is 3. The van der Waals surface area contributed by atoms with Crippen LogP contribution in [0, 0.1) is 5.92 Å². The summed E-state index contributed by atoms with van der Waals surface area (Å²) in [6, 6.07) is 0. The lowest BCUT2D eigenvalue weighted by atomic mass is 9.74. The Morgan fingerprint density at radius 2 is 2.11 bits per heavy atom. The summed E-state index contributed by atoms with van der Waals surface area (Å²) in [5.41, 5.74) is 5.52. The minimum atomic E-state index is -0.362. The van der Waals surface area contributed by atoms with Gasteiger partial charge in [0.1, 0.15) is 0 Å². The number of nitrogens with one attached hydrogen (secondary N) is 1. The Bertz CT molecular complexity index is 280. The Labute approximate surface area is 116 Å². The molecule has 0 heterocycles. The van der Waals surface area contributed by atoms with Crippen LogP contribution in [0.5, 0.6) is 0 Å². The maximum atomic E-state index is 12.1. The Morgan fingerprint density at radius 1 is 1.50 bits per heavy atom. The number of ether oxygens (including phenoxy) is 1. The van der Waals surface area contributed by atoms with Gasteiger partial charge in [0.25, 0.3) is 0 Å². The fraction of sp³-hybridized carbons (Fsp3) is 0.923. The number of carbonyl (C=O) groups excluding carboxylic acids is 1. The van der Waals surface area contributed by atoms with Crippen molar-refractivity contribution in [3.8, 4) is 0 Å². The van der Waals surface area contributed by atoms with E-state index in [9.17, 15) is 4.79 Å². The number of nitrogens with two attached hydrogens (primary N) is 1. The summed E-state index contributed by atoms with van der Waals surface area (Å²) in [5, 5.41) is 2.96. The number of amides is 1. The van der Waals surface area contributed by atoms with Gasteiger partial charge in [-0.05, 0) is 33.6 Å². The number of carbonyl (C=O) groups is 1. The topological polar surface area (TPSA) is 64.3 Å². The molecule has 1 aliphatic rings. The fourth-order valence-electron chi connectivity index (χ4n) is 2.28. The molecule has 0 saturated heterocycles. The molecule has 2 unspecified atom stereocenters. The number of halogens is 1. The zero-order chi connectivity index (χ0) is 13.1. The number of hydrogen-bond donors (Lipinski definition) is 2. The van der Waals surface area contributed by atoms with E-state index in [1.54, 1.807) is 7.11 Å². The summed E-state index contributed by atoms with van der Waals surface area (Å²) in [4.78, 5) is 12.1. The van der Waals surface area contributed by atoms with Gasteiger partial charge in [0.05, 0.1) is 11.5 Å². The van der Waals surface area contributed by atoms with Gasteiger partial charge in [-0.3, -0.25) is 4.79 Å². The van der Waals surface area contributed by atoms with Crippen LogP contribution < -0.4 is 11.1 Å². The average molecular weight is 279 g/mol. The second-order valence-electron chi connectivity index (χ2n) is 5.99. The van der Waals surface area contributed by atoms with Crippen molar-refractivity contribution in [2.24, 2.45) is 11.7 Å². The summed E-state index contributed by atoms with van der Waals surface area (Å²) < 4.78 is 5.28. The van der Waals surface area contributed by atoms with E-state index in [0.29, 0.717) is 6.54 Å². The summed E-state index contributed by atoms with van der Waals surface area (Å²) in [6.07, 6.45) is 4.05. The number of methoxy groups -OCH3 is 1. The molecule has 4 nitrogen and oxygen atoms in total. The van der Waals surface area contributed by atoms with Crippen molar-refractivity contribution < 1.29 is 9.53 Å². The molecular formula is C13H27ClN2O2. The maximum absolute atomic E-state index is 12.1. The van der Waals surface area contributed by atoms with Crippen LogP contribution in [0.2, 0.25) is 0 Å². The standard InChI is InChI=1S/C13H26N2O2.ClH/c1-12(2,17-4)9-15-11(16)10-7-5-6-8-13(10,3)14;/h10H,5-9,14H2,1-4H3,(H,15,16);1H. The SMILES string of the molecule is COC(C)(C)CNC(=O)C1CCCCC1(C)N.Cl. The maximum Gasteiger partial charge on any atom is 0.225 e. The summed E-state index contributed by atoms with van der Waals surface area (Å²) in [7, 11) is 1.65. The molecule has 1 fully saturated rings. The Balaban J connectivity index is 0.00000289. The normalized spacial score (nSPS) is 28.4.